The Morgan fingerprint density at radius 2 is 0.613 bits per heavy atom. The lowest BCUT2D eigenvalue weighted by atomic mass is 9.84. The van der Waals surface area contributed by atoms with E-state index in [0.29, 0.717) is 149 Å². The molecule has 0 saturated carbocycles. The first kappa shape index (κ1) is 96.6. The number of unbranched alkanes of at least 4 members (excludes halogenated alkanes) is 7. The van der Waals surface area contributed by atoms with Crippen LogP contribution in [0.15, 0.2) is 0 Å². The third-order valence-electron chi connectivity index (χ3n) is 19.0. The number of aliphatic hydroxyl groups excluding tert-OH is 9. The summed E-state index contributed by atoms with van der Waals surface area (Å²) in [7, 11) is 0. The van der Waals surface area contributed by atoms with Crippen LogP contribution in [0.1, 0.15) is 195 Å². The van der Waals surface area contributed by atoms with Gasteiger partial charge < -0.3 is 118 Å². The topological polar surface area (TPSA) is 446 Å². The van der Waals surface area contributed by atoms with Crippen molar-refractivity contribution in [3.63, 3.8) is 0 Å². The molecule has 3 heterocycles. The Balaban J connectivity index is 1.52. The van der Waals surface area contributed by atoms with Crippen molar-refractivity contribution < 1.29 is 141 Å². The first-order valence-corrected chi connectivity index (χ1v) is 39.0. The van der Waals surface area contributed by atoms with Gasteiger partial charge in [0.15, 0.2) is 18.9 Å². The zero-order valence-electron chi connectivity index (χ0n) is 63.8. The molecular weight excluding hydrogens is 1390 g/mol. The number of nitrogens with one attached hydrogen (secondary N) is 2. The van der Waals surface area contributed by atoms with Crippen LogP contribution in [0, 0.1) is 23.2 Å². The highest BCUT2D eigenvalue weighted by Gasteiger charge is 2.45. The summed E-state index contributed by atoms with van der Waals surface area (Å²) in [5.41, 5.74) is -1.13. The van der Waals surface area contributed by atoms with Gasteiger partial charge in [-0.15, -0.1) is 0 Å². The lowest BCUT2D eigenvalue weighted by Gasteiger charge is -2.40. The maximum absolute atomic E-state index is 13.9. The van der Waals surface area contributed by atoms with Gasteiger partial charge in [-0.05, 0) is 77.0 Å². The molecule has 3 aliphatic rings. The molecule has 0 aliphatic carbocycles. The van der Waals surface area contributed by atoms with Crippen molar-refractivity contribution in [2.45, 2.75) is 268 Å². The van der Waals surface area contributed by atoms with Gasteiger partial charge in [-0.3, -0.25) is 33.6 Å². The third kappa shape index (κ3) is 41.6. The number of hydrogen-bond donors (Lipinski definition) is 11. The van der Waals surface area contributed by atoms with Crippen LogP contribution in [-0.2, 0) is 95.1 Å². The highest BCUT2D eigenvalue weighted by molar-refractivity contribution is 5.80. The Morgan fingerprint density at radius 1 is 0.321 bits per heavy atom. The number of carbonyl (C=O) groups excluding carboxylic acids is 7. The second kappa shape index (κ2) is 59.2. The predicted molar refractivity (Wildman–Crippen MR) is 384 cm³/mol. The van der Waals surface area contributed by atoms with Gasteiger partial charge in [-0.25, -0.2) is 0 Å². The number of hydrogen-bond acceptors (Lipinski definition) is 29. The van der Waals surface area contributed by atoms with Crippen molar-refractivity contribution in [3.8, 4) is 0 Å². The minimum absolute atomic E-state index is 0.0231. The van der Waals surface area contributed by atoms with Crippen molar-refractivity contribution in [3.05, 3.63) is 0 Å². The van der Waals surface area contributed by atoms with E-state index in [2.05, 4.69) is 10.6 Å². The minimum Gasteiger partial charge on any atom is -0.394 e. The first-order chi connectivity index (χ1) is 51.1. The quantitative estimate of drug-likeness (QED) is 0.0390. The second-order valence-corrected chi connectivity index (χ2v) is 28.3. The molecule has 3 fully saturated rings. The summed E-state index contributed by atoms with van der Waals surface area (Å²) in [6.45, 7) is 9.83. The molecule has 0 spiro atoms. The molecule has 3 saturated heterocycles. The summed E-state index contributed by atoms with van der Waals surface area (Å²) >= 11 is 0. The number of aliphatic hydroxyl groups is 9. The normalized spacial score (nSPS) is 25.3. The van der Waals surface area contributed by atoms with E-state index in [-0.39, 0.29) is 178 Å². The molecule has 11 N–H and O–H groups in total. The summed E-state index contributed by atoms with van der Waals surface area (Å²) in [5, 5.41) is 95.2. The van der Waals surface area contributed by atoms with Gasteiger partial charge in [0, 0.05) is 140 Å². The molecule has 3 aliphatic heterocycles. The molecule has 15 atom stereocenters. The number of carbonyl (C=O) groups is 7. The third-order valence-corrected chi connectivity index (χ3v) is 19.0. The van der Waals surface area contributed by atoms with E-state index >= 15 is 0 Å². The lowest BCUT2D eigenvalue weighted by Crippen LogP contribution is -2.55. The molecule has 15 unspecified atom stereocenters. The minimum atomic E-state index is -1.23. The molecule has 0 bridgehead atoms. The molecule has 0 aromatic rings. The van der Waals surface area contributed by atoms with Gasteiger partial charge in [0.2, 0.25) is 11.8 Å². The summed E-state index contributed by atoms with van der Waals surface area (Å²) in [6, 6.07) is 0. The number of rotatable bonds is 68. The van der Waals surface area contributed by atoms with E-state index in [1.165, 1.54) is 0 Å². The Labute approximate surface area is 627 Å². The predicted octanol–water partition coefficient (Wildman–Crippen LogP) is 2.60. The highest BCUT2D eigenvalue weighted by atomic mass is 16.7. The van der Waals surface area contributed by atoms with Gasteiger partial charge in [0.25, 0.3) is 0 Å². The summed E-state index contributed by atoms with van der Waals surface area (Å²) < 4.78 is 74.9. The Morgan fingerprint density at radius 3 is 0.972 bits per heavy atom. The SMILES string of the molecule is CCCOCCOCCOCCOCCC(=O)CC(COCCC(=O)CCCCCC(=O)CCCCOC1OC(CO)C(O)C(O)C1C)(COCCC(=O)CCCCCC(=O)CCCCOC1OC(CO)C(O)C(O)C1C)COCCC(=O)NCCCNC(=O)CCCCOC1OC(CO)C(O)C(O)C1C. The molecule has 2 amide bonds. The maximum atomic E-state index is 13.9. The number of Topliss-reactive ketones (excluding diaryl/α,β-unsaturated/α-hetero) is 5. The zero-order chi connectivity index (χ0) is 77.7. The van der Waals surface area contributed by atoms with E-state index in [0.717, 1.165) is 6.42 Å². The maximum Gasteiger partial charge on any atom is 0.222 e. The van der Waals surface area contributed by atoms with E-state index in [4.69, 9.17) is 61.6 Å². The molecule has 3 rings (SSSR count). The van der Waals surface area contributed by atoms with Gasteiger partial charge in [0.05, 0.1) is 124 Å². The molecule has 106 heavy (non-hydrogen) atoms. The molecule has 618 valence electrons. The van der Waals surface area contributed by atoms with E-state index < -0.39 is 117 Å². The average molecular weight is 1530 g/mol. The average Bonchev–Trinajstić information content (AvgIpc) is 0.834. The fourth-order valence-corrected chi connectivity index (χ4v) is 12.2. The van der Waals surface area contributed by atoms with Crippen molar-refractivity contribution in [2.75, 3.05) is 145 Å². The Kier molecular flexibility index (Phi) is 54.0. The van der Waals surface area contributed by atoms with Crippen molar-refractivity contribution in [1.29, 1.82) is 0 Å². The van der Waals surface area contributed by atoms with Crippen LogP contribution < -0.4 is 10.6 Å². The van der Waals surface area contributed by atoms with Crippen LogP contribution in [0.25, 0.3) is 0 Å². The van der Waals surface area contributed by atoms with E-state index in [9.17, 15) is 79.5 Å². The smallest absolute Gasteiger partial charge is 0.222 e. The summed E-state index contributed by atoms with van der Waals surface area (Å²) in [6.07, 6.45) is -1.50. The first-order valence-electron chi connectivity index (χ1n) is 39.0. The molecule has 31 heteroatoms. The van der Waals surface area contributed by atoms with Gasteiger partial charge >= 0.3 is 0 Å². The fourth-order valence-electron chi connectivity index (χ4n) is 12.2. The van der Waals surface area contributed by atoms with Gasteiger partial charge in [-0.1, -0.05) is 40.5 Å². The largest absolute Gasteiger partial charge is 0.394 e. The van der Waals surface area contributed by atoms with Crippen LogP contribution in [0.2, 0.25) is 0 Å². The van der Waals surface area contributed by atoms with Crippen LogP contribution in [-0.4, -0.2) is 306 Å². The van der Waals surface area contributed by atoms with Crippen molar-refractivity contribution >= 4 is 40.7 Å². The summed E-state index contributed by atoms with van der Waals surface area (Å²) in [4.78, 5) is 91.2. The molecule has 0 radical (unpaired) electrons. The summed E-state index contributed by atoms with van der Waals surface area (Å²) in [5.74, 6) is -2.11. The molecule has 0 aromatic carbocycles. The van der Waals surface area contributed by atoms with Crippen LogP contribution >= 0.6 is 0 Å². The van der Waals surface area contributed by atoms with Gasteiger partial charge in [-0.2, -0.15) is 0 Å². The van der Waals surface area contributed by atoms with Crippen LogP contribution in [0.4, 0.5) is 0 Å². The lowest BCUT2D eigenvalue weighted by molar-refractivity contribution is -0.282. The van der Waals surface area contributed by atoms with Gasteiger partial charge in [0.1, 0.15) is 65.5 Å². The Bertz CT molecular complexity index is 2130. The monoisotopic (exact) mass is 1530 g/mol. The fraction of sp³-hybridized carbons (Fsp3) is 0.907. The Hall–Kier alpha value is -3.59. The molecule has 31 nitrogen and oxygen atoms in total. The standard InChI is InChI=1S/C75H134N2O29/c1-5-32-94-40-42-96-44-45-97-43-41-95-36-28-60(85)46-75(50-98-37-26-58(83)21-10-6-8-19-56(81)23-12-15-33-101-72-53(2)66(88)69(91)61(47-78)104-72,51-99-38-27-59(84)22-11-7-9-20-57(82)24-13-16-34-102-73-54(3)67(89)70(92)62(48-79)105-73)52-100-39-29-65(87)77-31-18-30-76-64(86)25-14-17-35-103-74-55(4)68(90)71(93)63(49-80)106-74/h53-55,61-63,66-74,78-80,88-93H,5-52H2,1-4H3,(H,76,86)(H,77,87). The van der Waals surface area contributed by atoms with Crippen LogP contribution in [0.5, 0.6) is 0 Å². The number of amides is 2. The van der Waals surface area contributed by atoms with Crippen molar-refractivity contribution in [1.82, 2.24) is 10.6 Å². The zero-order valence-corrected chi connectivity index (χ0v) is 63.8. The van der Waals surface area contributed by atoms with Crippen LogP contribution in [0.3, 0.4) is 0 Å². The molecular formula is C75H134N2O29. The number of ketones is 5. The van der Waals surface area contributed by atoms with E-state index in [1.807, 2.05) is 6.92 Å². The second-order valence-electron chi connectivity index (χ2n) is 28.3. The van der Waals surface area contributed by atoms with Crippen molar-refractivity contribution in [2.24, 2.45) is 23.2 Å². The number of ether oxygens (including phenoxy) is 13. The molecule has 0 aromatic heterocycles. The highest BCUT2D eigenvalue weighted by Crippen LogP contribution is 2.31. The van der Waals surface area contributed by atoms with E-state index in [1.54, 1.807) is 20.8 Å².